The molecule has 1 unspecified atom stereocenters. The topological polar surface area (TPSA) is 93.5 Å². The molecule has 0 aliphatic carbocycles. The summed E-state index contributed by atoms with van der Waals surface area (Å²) in [7, 11) is 3.88. The number of nitrogens with zero attached hydrogens (tertiary/aromatic N) is 2. The molecular weight excluding hydrogens is 344 g/mol. The highest BCUT2D eigenvalue weighted by Gasteiger charge is 2.14. The average Bonchev–Trinajstić information content (AvgIpc) is 2.95. The normalized spacial score (nSPS) is 12.4. The first-order valence-electron chi connectivity index (χ1n) is 8.82. The Morgan fingerprint density at radius 2 is 1.96 bits per heavy atom. The van der Waals surface area contributed by atoms with Gasteiger partial charge in [-0.2, -0.15) is 0 Å². The van der Waals surface area contributed by atoms with E-state index in [4.69, 9.17) is 10.2 Å². The van der Waals surface area contributed by atoms with Crippen LogP contribution < -0.4 is 16.8 Å². The Kier molecular flexibility index (Phi) is 5.73. The number of carbonyl (C=O) groups excluding carboxylic acids is 1. The number of aromatic nitrogens is 1. The molecule has 0 radical (unpaired) electrons. The molecule has 2 aromatic carbocycles. The summed E-state index contributed by atoms with van der Waals surface area (Å²) < 4.78 is 6.84. The first kappa shape index (κ1) is 18.9. The van der Waals surface area contributed by atoms with Gasteiger partial charge in [-0.05, 0) is 37.9 Å². The van der Waals surface area contributed by atoms with Crippen LogP contribution in [-0.2, 0) is 11.3 Å². The minimum atomic E-state index is -0.401. The molecule has 3 rings (SSSR count). The molecule has 0 saturated heterocycles. The van der Waals surface area contributed by atoms with Crippen LogP contribution in [0.2, 0.25) is 0 Å². The number of oxazole rings is 1. The number of hydrogen-bond acceptors (Lipinski definition) is 5. The Bertz CT molecular complexity index is 976. The summed E-state index contributed by atoms with van der Waals surface area (Å²) in [6, 6.07) is 14.3. The van der Waals surface area contributed by atoms with Crippen LogP contribution in [0, 0.1) is 0 Å². The zero-order valence-corrected chi connectivity index (χ0v) is 15.5. The van der Waals surface area contributed by atoms with Crippen LogP contribution in [-0.4, -0.2) is 36.0 Å². The third-order valence-electron chi connectivity index (χ3n) is 4.35. The molecule has 0 fully saturated rings. The second-order valence-electron chi connectivity index (χ2n) is 6.77. The van der Waals surface area contributed by atoms with Crippen molar-refractivity contribution >= 4 is 22.7 Å². The number of anilines is 1. The quantitative estimate of drug-likeness (QED) is 0.667. The third kappa shape index (κ3) is 4.64. The van der Waals surface area contributed by atoms with Crippen molar-refractivity contribution in [3.63, 3.8) is 0 Å². The molecule has 3 aromatic rings. The van der Waals surface area contributed by atoms with Gasteiger partial charge in [-0.3, -0.25) is 9.36 Å². The van der Waals surface area contributed by atoms with Gasteiger partial charge >= 0.3 is 5.76 Å². The average molecular weight is 368 g/mol. The smallest absolute Gasteiger partial charge is 0.408 e. The van der Waals surface area contributed by atoms with Crippen LogP contribution in [0.15, 0.2) is 57.7 Å². The Labute approximate surface area is 157 Å². The lowest BCUT2D eigenvalue weighted by atomic mass is 10.0. The lowest BCUT2D eigenvalue weighted by Crippen LogP contribution is -2.23. The van der Waals surface area contributed by atoms with Crippen LogP contribution in [0.4, 0.5) is 5.69 Å². The largest absolute Gasteiger partial charge is 0.419 e. The van der Waals surface area contributed by atoms with Crippen molar-refractivity contribution in [3.05, 3.63) is 64.6 Å². The lowest BCUT2D eigenvalue weighted by Gasteiger charge is -2.12. The second-order valence-corrected chi connectivity index (χ2v) is 6.77. The van der Waals surface area contributed by atoms with Crippen molar-refractivity contribution in [2.45, 2.75) is 19.0 Å². The molecule has 3 N–H and O–H groups in total. The predicted molar refractivity (Wildman–Crippen MR) is 106 cm³/mol. The molecule has 0 aliphatic rings. The van der Waals surface area contributed by atoms with Crippen LogP contribution >= 0.6 is 0 Å². The van der Waals surface area contributed by atoms with E-state index in [-0.39, 0.29) is 18.4 Å². The minimum Gasteiger partial charge on any atom is -0.408 e. The molecule has 1 aromatic heterocycles. The van der Waals surface area contributed by atoms with Crippen LogP contribution in [0.3, 0.4) is 0 Å². The molecule has 0 spiro atoms. The molecule has 142 valence electrons. The molecular formula is C20H24N4O3. The number of nitrogens with one attached hydrogen (secondary N) is 1. The fraction of sp³-hybridized carbons (Fsp3) is 0.300. The Hall–Kier alpha value is -2.90. The number of hydrogen-bond donors (Lipinski definition) is 2. The summed E-state index contributed by atoms with van der Waals surface area (Å²) in [4.78, 5) is 26.4. The second kappa shape index (κ2) is 8.20. The molecule has 0 saturated carbocycles. The monoisotopic (exact) mass is 368 g/mol. The van der Waals surface area contributed by atoms with E-state index in [2.05, 4.69) is 5.32 Å². The lowest BCUT2D eigenvalue weighted by molar-refractivity contribution is -0.116. The number of rotatable bonds is 7. The summed E-state index contributed by atoms with van der Waals surface area (Å²) in [6.07, 6.45) is 0.168. The minimum absolute atomic E-state index is 0.168. The maximum atomic E-state index is 12.3. The number of nitrogens with two attached hydrogens (primary N) is 1. The van der Waals surface area contributed by atoms with E-state index >= 15 is 0 Å². The van der Waals surface area contributed by atoms with E-state index in [1.165, 1.54) is 0 Å². The SMILES string of the molecule is CN(C)CCn1c(=O)oc2ccc(NC(=O)CC(N)c3ccccc3)cc21. The summed E-state index contributed by atoms with van der Waals surface area (Å²) in [5.74, 6) is -0.585. The summed E-state index contributed by atoms with van der Waals surface area (Å²) in [5, 5.41) is 2.85. The molecule has 7 heteroatoms. The molecule has 27 heavy (non-hydrogen) atoms. The fourth-order valence-electron chi connectivity index (χ4n) is 2.88. The summed E-state index contributed by atoms with van der Waals surface area (Å²) >= 11 is 0. The molecule has 7 nitrogen and oxygen atoms in total. The highest BCUT2D eigenvalue weighted by atomic mass is 16.4. The van der Waals surface area contributed by atoms with Crippen molar-refractivity contribution in [2.24, 2.45) is 5.73 Å². The summed E-state index contributed by atoms with van der Waals surface area (Å²) in [5.41, 5.74) is 8.78. The van der Waals surface area contributed by atoms with Gasteiger partial charge < -0.3 is 20.4 Å². The van der Waals surface area contributed by atoms with E-state index in [0.29, 0.717) is 29.9 Å². The summed E-state index contributed by atoms with van der Waals surface area (Å²) in [6.45, 7) is 1.21. The van der Waals surface area contributed by atoms with E-state index in [1.54, 1.807) is 22.8 Å². The standard InChI is InChI=1S/C20H24N4O3/c1-23(2)10-11-24-17-12-15(8-9-18(17)27-20(24)26)22-19(25)13-16(21)14-6-4-3-5-7-14/h3-9,12,16H,10-11,13,21H2,1-2H3,(H,22,25). The van der Waals surface area contributed by atoms with Gasteiger partial charge in [-0.1, -0.05) is 30.3 Å². The zero-order valence-electron chi connectivity index (χ0n) is 15.5. The van der Waals surface area contributed by atoms with Gasteiger partial charge in [-0.15, -0.1) is 0 Å². The molecule has 0 bridgehead atoms. The third-order valence-corrected chi connectivity index (χ3v) is 4.35. The van der Waals surface area contributed by atoms with Gasteiger partial charge in [0.05, 0.1) is 5.52 Å². The van der Waals surface area contributed by atoms with Gasteiger partial charge in [-0.25, -0.2) is 4.79 Å². The molecule has 1 heterocycles. The van der Waals surface area contributed by atoms with Crippen LogP contribution in [0.5, 0.6) is 0 Å². The van der Waals surface area contributed by atoms with E-state index < -0.39 is 5.76 Å². The number of carbonyl (C=O) groups is 1. The maximum absolute atomic E-state index is 12.3. The molecule has 1 atom stereocenters. The Balaban J connectivity index is 1.74. The van der Waals surface area contributed by atoms with Gasteiger partial charge in [0, 0.05) is 31.2 Å². The van der Waals surface area contributed by atoms with Crippen molar-refractivity contribution < 1.29 is 9.21 Å². The van der Waals surface area contributed by atoms with Gasteiger partial charge in [0.15, 0.2) is 5.58 Å². The zero-order chi connectivity index (χ0) is 19.4. The van der Waals surface area contributed by atoms with Crippen molar-refractivity contribution in [2.75, 3.05) is 26.0 Å². The predicted octanol–water partition coefficient (Wildman–Crippen LogP) is 2.18. The number of benzene rings is 2. The Morgan fingerprint density at radius 1 is 1.22 bits per heavy atom. The van der Waals surface area contributed by atoms with Crippen LogP contribution in [0.25, 0.3) is 11.1 Å². The molecule has 0 aliphatic heterocycles. The van der Waals surface area contributed by atoms with Crippen molar-refractivity contribution in [1.82, 2.24) is 9.47 Å². The number of amides is 1. The van der Waals surface area contributed by atoms with Crippen LogP contribution in [0.1, 0.15) is 18.0 Å². The van der Waals surface area contributed by atoms with Gasteiger partial charge in [0.1, 0.15) is 0 Å². The van der Waals surface area contributed by atoms with Gasteiger partial charge in [0.25, 0.3) is 0 Å². The first-order valence-corrected chi connectivity index (χ1v) is 8.82. The van der Waals surface area contributed by atoms with Gasteiger partial charge in [0.2, 0.25) is 5.91 Å². The fourth-order valence-corrected chi connectivity index (χ4v) is 2.88. The van der Waals surface area contributed by atoms with E-state index in [9.17, 15) is 9.59 Å². The maximum Gasteiger partial charge on any atom is 0.419 e. The van der Waals surface area contributed by atoms with E-state index in [1.807, 2.05) is 49.3 Å². The highest BCUT2D eigenvalue weighted by molar-refractivity contribution is 5.93. The highest BCUT2D eigenvalue weighted by Crippen LogP contribution is 2.20. The number of likely N-dealkylation sites (N-methyl/N-ethyl adjacent to an activating group) is 1. The van der Waals surface area contributed by atoms with Crippen molar-refractivity contribution in [3.8, 4) is 0 Å². The molecule has 1 amide bonds. The van der Waals surface area contributed by atoms with E-state index in [0.717, 1.165) is 5.56 Å². The number of fused-ring (bicyclic) bond motifs is 1. The Morgan fingerprint density at radius 3 is 2.67 bits per heavy atom. The first-order chi connectivity index (χ1) is 12.9. The van der Waals surface area contributed by atoms with Crippen molar-refractivity contribution in [1.29, 1.82) is 0 Å².